The standard InChI is InChI=1S/C28H45FN4O3/c1-8-21-13-10-11-14-22(21)20(3)32(17-15-27(4,5)19-28(6,29)9-2)23-24(30)31(7)26(36)33(25(23)35)16-12-18-34/h10-11,13,22,34H,3,8-9,12,14-19,30H2,1-2,4-7H3. The number of nitrogens with two attached hydrogens (primary N) is 1. The molecule has 2 atom stereocenters. The van der Waals surface area contributed by atoms with Crippen molar-refractivity contribution in [1.82, 2.24) is 9.13 Å². The number of allylic oxidation sites excluding steroid dienone is 4. The van der Waals surface area contributed by atoms with Crippen molar-refractivity contribution in [2.24, 2.45) is 18.4 Å². The summed E-state index contributed by atoms with van der Waals surface area (Å²) in [4.78, 5) is 28.3. The van der Waals surface area contributed by atoms with Gasteiger partial charge in [0.2, 0.25) is 0 Å². The smallest absolute Gasteiger partial charge is 0.332 e. The van der Waals surface area contributed by atoms with Crippen molar-refractivity contribution in [1.29, 1.82) is 0 Å². The first-order valence-corrected chi connectivity index (χ1v) is 13.0. The first-order valence-electron chi connectivity index (χ1n) is 13.0. The molecule has 1 aromatic rings. The quantitative estimate of drug-likeness (QED) is 0.407. The lowest BCUT2D eigenvalue weighted by Crippen LogP contribution is -2.45. The first-order chi connectivity index (χ1) is 16.8. The van der Waals surface area contributed by atoms with Crippen LogP contribution in [0, 0.1) is 11.3 Å². The second-order valence-corrected chi connectivity index (χ2v) is 10.9. The Morgan fingerprint density at radius 1 is 1.31 bits per heavy atom. The third-order valence-corrected chi connectivity index (χ3v) is 7.40. The fourth-order valence-electron chi connectivity index (χ4n) is 5.05. The van der Waals surface area contributed by atoms with Crippen LogP contribution < -0.4 is 21.9 Å². The van der Waals surface area contributed by atoms with Crippen molar-refractivity contribution < 1.29 is 9.50 Å². The van der Waals surface area contributed by atoms with Crippen LogP contribution in [-0.2, 0) is 13.6 Å². The molecule has 0 bridgehead atoms. The number of nitrogen functional groups attached to an aromatic ring is 1. The van der Waals surface area contributed by atoms with E-state index in [0.717, 1.165) is 23.1 Å². The summed E-state index contributed by atoms with van der Waals surface area (Å²) in [6.45, 7) is 14.4. The van der Waals surface area contributed by atoms with E-state index in [9.17, 15) is 19.1 Å². The number of aromatic nitrogens is 2. The van der Waals surface area contributed by atoms with E-state index in [1.807, 2.05) is 31.7 Å². The van der Waals surface area contributed by atoms with Gasteiger partial charge in [0.1, 0.15) is 17.2 Å². The van der Waals surface area contributed by atoms with Gasteiger partial charge in [0.25, 0.3) is 5.56 Å². The van der Waals surface area contributed by atoms with Gasteiger partial charge in [-0.3, -0.25) is 13.9 Å². The van der Waals surface area contributed by atoms with E-state index in [1.54, 1.807) is 6.92 Å². The molecule has 1 aromatic heterocycles. The zero-order chi connectivity index (χ0) is 27.3. The van der Waals surface area contributed by atoms with E-state index in [2.05, 4.69) is 25.7 Å². The number of hydrogen-bond donors (Lipinski definition) is 2. The van der Waals surface area contributed by atoms with Crippen molar-refractivity contribution in [2.75, 3.05) is 23.8 Å². The van der Waals surface area contributed by atoms with Crippen molar-refractivity contribution in [2.45, 2.75) is 85.4 Å². The SMILES string of the molecule is C=C(C1CC=CC=C1CC)N(CCC(C)(C)CC(C)(F)CC)c1c(N)n(C)c(=O)n(CCCO)c1=O. The number of rotatable bonds is 13. The molecule has 8 heteroatoms. The molecule has 0 aromatic carbocycles. The summed E-state index contributed by atoms with van der Waals surface area (Å²) >= 11 is 0. The second-order valence-electron chi connectivity index (χ2n) is 10.9. The highest BCUT2D eigenvalue weighted by Gasteiger charge is 2.33. The minimum Gasteiger partial charge on any atom is -0.396 e. The maximum atomic E-state index is 14.9. The van der Waals surface area contributed by atoms with Crippen LogP contribution in [0.4, 0.5) is 15.9 Å². The number of aliphatic hydroxyl groups is 1. The van der Waals surface area contributed by atoms with E-state index < -0.39 is 16.9 Å². The van der Waals surface area contributed by atoms with Crippen LogP contribution in [-0.4, -0.2) is 33.1 Å². The van der Waals surface area contributed by atoms with Crippen molar-refractivity contribution in [3.05, 3.63) is 56.9 Å². The Labute approximate surface area is 214 Å². The molecular formula is C28H45FN4O3. The number of halogens is 1. The minimum atomic E-state index is -1.29. The van der Waals surface area contributed by atoms with E-state index in [1.165, 1.54) is 17.2 Å². The highest BCUT2D eigenvalue weighted by molar-refractivity contribution is 5.66. The van der Waals surface area contributed by atoms with E-state index in [4.69, 9.17) is 5.73 Å². The van der Waals surface area contributed by atoms with Gasteiger partial charge in [-0.2, -0.15) is 0 Å². The molecule has 2 unspecified atom stereocenters. The Kier molecular flexibility index (Phi) is 9.94. The van der Waals surface area contributed by atoms with Gasteiger partial charge in [-0.05, 0) is 50.9 Å². The number of alkyl halides is 1. The third kappa shape index (κ3) is 6.78. The summed E-state index contributed by atoms with van der Waals surface area (Å²) in [6.07, 6.45) is 9.46. The summed E-state index contributed by atoms with van der Waals surface area (Å²) in [6, 6.07) is 0. The van der Waals surface area contributed by atoms with Gasteiger partial charge >= 0.3 is 5.69 Å². The van der Waals surface area contributed by atoms with Gasteiger partial charge in [-0.25, -0.2) is 9.18 Å². The number of nitrogens with zero attached hydrogens (tertiary/aromatic N) is 3. The third-order valence-electron chi connectivity index (χ3n) is 7.40. The van der Waals surface area contributed by atoms with Crippen LogP contribution in [0.5, 0.6) is 0 Å². The largest absolute Gasteiger partial charge is 0.396 e. The van der Waals surface area contributed by atoms with Crippen molar-refractivity contribution >= 4 is 11.5 Å². The molecule has 1 heterocycles. The topological polar surface area (TPSA) is 93.5 Å². The Bertz CT molecular complexity index is 1110. The molecule has 0 fully saturated rings. The maximum Gasteiger partial charge on any atom is 0.332 e. The number of hydrogen-bond acceptors (Lipinski definition) is 5. The number of anilines is 2. The maximum absolute atomic E-state index is 14.9. The van der Waals surface area contributed by atoms with Crippen molar-refractivity contribution in [3.8, 4) is 0 Å². The molecule has 36 heavy (non-hydrogen) atoms. The second kappa shape index (κ2) is 12.1. The Hall–Kier alpha value is -2.61. The summed E-state index contributed by atoms with van der Waals surface area (Å²) in [5, 5.41) is 9.30. The molecule has 0 radical (unpaired) electrons. The van der Waals surface area contributed by atoms with Crippen molar-refractivity contribution in [3.63, 3.8) is 0 Å². The van der Waals surface area contributed by atoms with Crippen LogP contribution >= 0.6 is 0 Å². The van der Waals surface area contributed by atoms with Crippen LogP contribution in [0.3, 0.4) is 0 Å². The van der Waals surface area contributed by atoms with Crippen LogP contribution in [0.25, 0.3) is 0 Å². The lowest BCUT2D eigenvalue weighted by atomic mass is 9.78. The van der Waals surface area contributed by atoms with Crippen LogP contribution in [0.2, 0.25) is 0 Å². The molecule has 202 valence electrons. The van der Waals surface area contributed by atoms with E-state index in [0.29, 0.717) is 25.8 Å². The predicted octanol–water partition coefficient (Wildman–Crippen LogP) is 4.69. The van der Waals surface area contributed by atoms with Gasteiger partial charge in [0, 0.05) is 38.4 Å². The average molecular weight is 505 g/mol. The highest BCUT2D eigenvalue weighted by atomic mass is 19.1. The summed E-state index contributed by atoms with van der Waals surface area (Å²) < 4.78 is 17.3. The molecule has 7 nitrogen and oxygen atoms in total. The molecular weight excluding hydrogens is 459 g/mol. The molecule has 0 amide bonds. The molecule has 0 aliphatic heterocycles. The summed E-state index contributed by atoms with van der Waals surface area (Å²) in [7, 11) is 1.54. The zero-order valence-corrected chi connectivity index (χ0v) is 22.9. The molecule has 1 aliphatic carbocycles. The minimum absolute atomic E-state index is 0.00730. The molecule has 0 saturated carbocycles. The molecule has 3 N–H and O–H groups in total. The molecule has 0 spiro atoms. The van der Waals surface area contributed by atoms with Gasteiger partial charge in [0.05, 0.1) is 0 Å². The van der Waals surface area contributed by atoms with Gasteiger partial charge in [0.15, 0.2) is 0 Å². The lowest BCUT2D eigenvalue weighted by molar-refractivity contribution is 0.101. The fourth-order valence-corrected chi connectivity index (χ4v) is 5.05. The highest BCUT2D eigenvalue weighted by Crippen LogP contribution is 2.38. The monoisotopic (exact) mass is 504 g/mol. The Balaban J connectivity index is 2.61. The normalized spacial score (nSPS) is 17.6. The molecule has 1 aliphatic rings. The van der Waals surface area contributed by atoms with Crippen LogP contribution in [0.1, 0.15) is 73.1 Å². The van der Waals surface area contributed by atoms with E-state index >= 15 is 0 Å². The summed E-state index contributed by atoms with van der Waals surface area (Å²) in [5.41, 5.74) is 5.90. The zero-order valence-electron chi connectivity index (χ0n) is 22.9. The van der Waals surface area contributed by atoms with Gasteiger partial charge in [-0.15, -0.1) is 0 Å². The molecule has 0 saturated heterocycles. The Morgan fingerprint density at radius 2 is 1.97 bits per heavy atom. The Morgan fingerprint density at radius 3 is 2.56 bits per heavy atom. The first kappa shape index (κ1) is 29.6. The van der Waals surface area contributed by atoms with E-state index in [-0.39, 0.29) is 42.4 Å². The molecule has 2 rings (SSSR count). The lowest BCUT2D eigenvalue weighted by Gasteiger charge is -2.37. The number of aliphatic hydroxyl groups excluding tert-OH is 1. The fraction of sp³-hybridized carbons (Fsp3) is 0.643. The van der Waals surface area contributed by atoms with Gasteiger partial charge in [-0.1, -0.05) is 58.1 Å². The van der Waals surface area contributed by atoms with Gasteiger partial charge < -0.3 is 15.7 Å². The predicted molar refractivity (Wildman–Crippen MR) is 147 cm³/mol. The summed E-state index contributed by atoms with van der Waals surface area (Å²) in [5.74, 6) is 0.0635. The van der Waals surface area contributed by atoms with Crippen LogP contribution in [0.15, 0.2) is 45.7 Å². The average Bonchev–Trinajstić information content (AvgIpc) is 2.83.